The number of hydrogen-bond acceptors (Lipinski definition) is 3. The van der Waals surface area contributed by atoms with Gasteiger partial charge in [0.05, 0.1) is 17.8 Å². The fourth-order valence-electron chi connectivity index (χ4n) is 1.54. The number of ketones is 1. The Morgan fingerprint density at radius 3 is 2.44 bits per heavy atom. The molecule has 0 amide bonds. The summed E-state index contributed by atoms with van der Waals surface area (Å²) >= 11 is 0. The zero-order chi connectivity index (χ0) is 13.8. The molecule has 100 valence electrons. The zero-order valence-electron chi connectivity index (χ0n) is 11.9. The van der Waals surface area contributed by atoms with Gasteiger partial charge in [-0.1, -0.05) is 11.6 Å². The minimum atomic E-state index is -0.167. The van der Waals surface area contributed by atoms with Crippen molar-refractivity contribution in [3.8, 4) is 5.75 Å². The predicted octanol–water partition coefficient (Wildman–Crippen LogP) is 3.39. The van der Waals surface area contributed by atoms with Gasteiger partial charge >= 0.3 is 0 Å². The molecule has 0 heterocycles. The molecule has 1 rings (SSSR count). The minimum absolute atomic E-state index is 0.0189. The third-order valence-corrected chi connectivity index (χ3v) is 2.39. The van der Waals surface area contributed by atoms with Crippen LogP contribution in [0.5, 0.6) is 5.75 Å². The molecule has 1 aromatic rings. The summed E-state index contributed by atoms with van der Waals surface area (Å²) in [5.74, 6) is 0.649. The maximum Gasteiger partial charge on any atom is 0.163 e. The molecule has 0 aromatic heterocycles. The van der Waals surface area contributed by atoms with Gasteiger partial charge in [0, 0.05) is 0 Å². The van der Waals surface area contributed by atoms with Crippen LogP contribution < -0.4 is 4.74 Å². The summed E-state index contributed by atoms with van der Waals surface area (Å²) in [6, 6.07) is 5.62. The van der Waals surface area contributed by atoms with Gasteiger partial charge < -0.3 is 9.47 Å². The first-order valence-corrected chi connectivity index (χ1v) is 6.18. The van der Waals surface area contributed by atoms with E-state index in [4.69, 9.17) is 9.47 Å². The third-order valence-electron chi connectivity index (χ3n) is 2.39. The van der Waals surface area contributed by atoms with Gasteiger partial charge in [-0.15, -0.1) is 0 Å². The lowest BCUT2D eigenvalue weighted by molar-refractivity contribution is -0.0163. The topological polar surface area (TPSA) is 35.5 Å². The van der Waals surface area contributed by atoms with E-state index in [9.17, 15) is 4.79 Å². The van der Waals surface area contributed by atoms with Crippen molar-refractivity contribution in [1.29, 1.82) is 0 Å². The Hall–Kier alpha value is -1.35. The lowest BCUT2D eigenvalue weighted by Gasteiger charge is -2.19. The first-order valence-electron chi connectivity index (χ1n) is 6.18. The molecule has 0 radical (unpaired) electrons. The van der Waals surface area contributed by atoms with Crippen LogP contribution in [0.1, 0.15) is 43.6 Å². The van der Waals surface area contributed by atoms with E-state index >= 15 is 0 Å². The summed E-state index contributed by atoms with van der Waals surface area (Å²) in [6.45, 7) is 10.5. The Morgan fingerprint density at radius 2 is 1.89 bits per heavy atom. The highest BCUT2D eigenvalue weighted by Gasteiger charge is 2.11. The summed E-state index contributed by atoms with van der Waals surface area (Å²) in [5.41, 5.74) is 1.52. The standard InChI is InChI=1S/C15H22O3/c1-11-6-7-14(13(10-11)12(2)16)17-8-9-18-15(3,4)5/h6-7,10H,8-9H2,1-5H3. The van der Waals surface area contributed by atoms with Crippen molar-refractivity contribution in [2.45, 2.75) is 40.2 Å². The highest BCUT2D eigenvalue weighted by molar-refractivity contribution is 5.97. The summed E-state index contributed by atoms with van der Waals surface area (Å²) < 4.78 is 11.2. The first kappa shape index (κ1) is 14.7. The van der Waals surface area contributed by atoms with Crippen molar-refractivity contribution in [3.05, 3.63) is 29.3 Å². The second-order valence-electron chi connectivity index (χ2n) is 5.37. The number of carbonyl (C=O) groups is 1. The Morgan fingerprint density at radius 1 is 1.22 bits per heavy atom. The van der Waals surface area contributed by atoms with E-state index in [1.54, 1.807) is 6.92 Å². The van der Waals surface area contributed by atoms with Crippen molar-refractivity contribution in [3.63, 3.8) is 0 Å². The number of ether oxygens (including phenoxy) is 2. The van der Waals surface area contributed by atoms with Gasteiger partial charge in [0.25, 0.3) is 0 Å². The van der Waals surface area contributed by atoms with Crippen LogP contribution in [0.4, 0.5) is 0 Å². The molecule has 0 aliphatic heterocycles. The van der Waals surface area contributed by atoms with Crippen molar-refractivity contribution < 1.29 is 14.3 Å². The Bertz CT molecular complexity index is 416. The van der Waals surface area contributed by atoms with E-state index in [0.717, 1.165) is 5.56 Å². The molecule has 0 spiro atoms. The molecule has 3 heteroatoms. The number of benzene rings is 1. The third kappa shape index (κ3) is 4.88. The summed E-state index contributed by atoms with van der Waals surface area (Å²) in [7, 11) is 0. The number of rotatable bonds is 5. The van der Waals surface area contributed by atoms with E-state index in [0.29, 0.717) is 24.5 Å². The molecule has 0 fully saturated rings. The average molecular weight is 250 g/mol. The summed E-state index contributed by atoms with van der Waals surface area (Å²) in [6.07, 6.45) is 0. The SMILES string of the molecule is CC(=O)c1cc(C)ccc1OCCOC(C)(C)C. The Kier molecular flexibility index (Phi) is 4.91. The molecule has 0 unspecified atom stereocenters. The molecule has 0 saturated heterocycles. The van der Waals surface area contributed by atoms with E-state index < -0.39 is 0 Å². The first-order chi connectivity index (χ1) is 8.29. The van der Waals surface area contributed by atoms with Crippen LogP contribution in [0.15, 0.2) is 18.2 Å². The lowest BCUT2D eigenvalue weighted by atomic mass is 10.1. The van der Waals surface area contributed by atoms with Crippen molar-refractivity contribution in [2.75, 3.05) is 13.2 Å². The van der Waals surface area contributed by atoms with Gasteiger partial charge in [-0.05, 0) is 46.8 Å². The molecule has 18 heavy (non-hydrogen) atoms. The fraction of sp³-hybridized carbons (Fsp3) is 0.533. The molecule has 0 bridgehead atoms. The summed E-state index contributed by atoms with van der Waals surface area (Å²) in [4.78, 5) is 11.5. The minimum Gasteiger partial charge on any atom is -0.490 e. The molecular formula is C15H22O3. The van der Waals surface area contributed by atoms with Gasteiger partial charge in [0.1, 0.15) is 12.4 Å². The Balaban J connectivity index is 2.59. The van der Waals surface area contributed by atoms with E-state index in [1.807, 2.05) is 45.9 Å². The molecule has 0 aliphatic rings. The molecule has 0 aliphatic carbocycles. The van der Waals surface area contributed by atoms with Gasteiger partial charge in [-0.3, -0.25) is 4.79 Å². The maximum absolute atomic E-state index is 11.5. The van der Waals surface area contributed by atoms with Gasteiger partial charge in [-0.2, -0.15) is 0 Å². The van der Waals surface area contributed by atoms with Crippen molar-refractivity contribution in [2.24, 2.45) is 0 Å². The maximum atomic E-state index is 11.5. The van der Waals surface area contributed by atoms with Crippen molar-refractivity contribution in [1.82, 2.24) is 0 Å². The molecule has 0 saturated carbocycles. The van der Waals surface area contributed by atoms with Gasteiger partial charge in [0.15, 0.2) is 5.78 Å². The van der Waals surface area contributed by atoms with E-state index in [1.165, 1.54) is 0 Å². The second-order valence-corrected chi connectivity index (χ2v) is 5.37. The fourth-order valence-corrected chi connectivity index (χ4v) is 1.54. The highest BCUT2D eigenvalue weighted by atomic mass is 16.5. The number of Topliss-reactive ketones (excluding diaryl/α,β-unsaturated/α-hetero) is 1. The molecular weight excluding hydrogens is 228 g/mol. The number of carbonyl (C=O) groups excluding carboxylic acids is 1. The second kappa shape index (κ2) is 6.01. The van der Waals surface area contributed by atoms with Gasteiger partial charge in [-0.25, -0.2) is 0 Å². The zero-order valence-corrected chi connectivity index (χ0v) is 11.9. The Labute approximate surface area is 109 Å². The van der Waals surface area contributed by atoms with Gasteiger partial charge in [0.2, 0.25) is 0 Å². The van der Waals surface area contributed by atoms with E-state index in [2.05, 4.69) is 0 Å². The molecule has 0 atom stereocenters. The number of hydrogen-bond donors (Lipinski definition) is 0. The van der Waals surface area contributed by atoms with Crippen LogP contribution in [0.3, 0.4) is 0 Å². The monoisotopic (exact) mass is 250 g/mol. The quantitative estimate of drug-likeness (QED) is 0.593. The number of aryl methyl sites for hydroxylation is 1. The molecule has 0 N–H and O–H groups in total. The van der Waals surface area contributed by atoms with Crippen LogP contribution in [0, 0.1) is 6.92 Å². The predicted molar refractivity (Wildman–Crippen MR) is 72.4 cm³/mol. The summed E-state index contributed by atoms with van der Waals surface area (Å²) in [5, 5.41) is 0. The average Bonchev–Trinajstić information content (AvgIpc) is 2.24. The lowest BCUT2D eigenvalue weighted by Crippen LogP contribution is -2.22. The van der Waals surface area contributed by atoms with Crippen molar-refractivity contribution >= 4 is 5.78 Å². The highest BCUT2D eigenvalue weighted by Crippen LogP contribution is 2.20. The van der Waals surface area contributed by atoms with Crippen LogP contribution in [-0.4, -0.2) is 24.6 Å². The van der Waals surface area contributed by atoms with Crippen LogP contribution in [0.2, 0.25) is 0 Å². The normalized spacial score (nSPS) is 11.4. The molecule has 3 nitrogen and oxygen atoms in total. The van der Waals surface area contributed by atoms with Crippen LogP contribution >= 0.6 is 0 Å². The van der Waals surface area contributed by atoms with Crippen LogP contribution in [0.25, 0.3) is 0 Å². The molecule has 1 aromatic carbocycles. The van der Waals surface area contributed by atoms with Crippen LogP contribution in [-0.2, 0) is 4.74 Å². The largest absolute Gasteiger partial charge is 0.490 e. The smallest absolute Gasteiger partial charge is 0.163 e. The van der Waals surface area contributed by atoms with E-state index in [-0.39, 0.29) is 11.4 Å².